The summed E-state index contributed by atoms with van der Waals surface area (Å²) in [5.41, 5.74) is 2.86. The number of nitrogens with zero attached hydrogens (tertiary/aromatic N) is 2. The molecule has 2 aromatic rings. The molecule has 0 aliphatic carbocycles. The van der Waals surface area contributed by atoms with Gasteiger partial charge in [0.05, 0.1) is 11.4 Å². The molecule has 1 aromatic carbocycles. The molecule has 0 amide bonds. The first kappa shape index (κ1) is 12.9. The number of aromatic nitrogens is 2. The molecule has 0 aliphatic heterocycles. The highest BCUT2D eigenvalue weighted by molar-refractivity contribution is 6.31. The predicted molar refractivity (Wildman–Crippen MR) is 71.3 cm³/mol. The van der Waals surface area contributed by atoms with E-state index < -0.39 is 0 Å². The Hall–Kier alpha value is -1.55. The SMILES string of the molecule is CCc1nn(C)cc1NCc1ccc(F)cc1Cl. The second kappa shape index (κ2) is 5.40. The number of nitrogens with one attached hydrogen (secondary N) is 1. The van der Waals surface area contributed by atoms with Gasteiger partial charge in [0.25, 0.3) is 0 Å². The molecule has 18 heavy (non-hydrogen) atoms. The lowest BCUT2D eigenvalue weighted by Gasteiger charge is -2.07. The fourth-order valence-electron chi connectivity index (χ4n) is 1.80. The van der Waals surface area contributed by atoms with Crippen molar-refractivity contribution in [2.24, 2.45) is 7.05 Å². The highest BCUT2D eigenvalue weighted by Crippen LogP contribution is 2.20. The Balaban J connectivity index is 2.11. The third kappa shape index (κ3) is 2.82. The molecule has 0 bridgehead atoms. The maximum atomic E-state index is 12.9. The minimum atomic E-state index is -0.320. The Labute approximate surface area is 111 Å². The zero-order valence-electron chi connectivity index (χ0n) is 10.4. The molecule has 0 aliphatic rings. The summed E-state index contributed by atoms with van der Waals surface area (Å²) in [7, 11) is 1.88. The minimum absolute atomic E-state index is 0.320. The number of hydrogen-bond donors (Lipinski definition) is 1. The molecule has 1 heterocycles. The molecule has 2 rings (SSSR count). The van der Waals surface area contributed by atoms with E-state index in [4.69, 9.17) is 11.6 Å². The van der Waals surface area contributed by atoms with Crippen molar-refractivity contribution in [2.75, 3.05) is 5.32 Å². The van der Waals surface area contributed by atoms with Crippen molar-refractivity contribution in [3.63, 3.8) is 0 Å². The van der Waals surface area contributed by atoms with Crippen molar-refractivity contribution < 1.29 is 4.39 Å². The summed E-state index contributed by atoms with van der Waals surface area (Å²) in [6.45, 7) is 2.61. The van der Waals surface area contributed by atoms with E-state index in [0.717, 1.165) is 23.4 Å². The van der Waals surface area contributed by atoms with Crippen molar-refractivity contribution in [3.8, 4) is 0 Å². The smallest absolute Gasteiger partial charge is 0.124 e. The molecule has 0 saturated heterocycles. The molecule has 0 atom stereocenters. The summed E-state index contributed by atoms with van der Waals surface area (Å²) < 4.78 is 14.7. The number of hydrogen-bond acceptors (Lipinski definition) is 2. The lowest BCUT2D eigenvalue weighted by molar-refractivity contribution is 0.627. The number of benzene rings is 1. The van der Waals surface area contributed by atoms with Gasteiger partial charge >= 0.3 is 0 Å². The quantitative estimate of drug-likeness (QED) is 0.920. The van der Waals surface area contributed by atoms with E-state index in [1.54, 1.807) is 10.7 Å². The molecule has 3 nitrogen and oxygen atoms in total. The van der Waals surface area contributed by atoms with Crippen LogP contribution in [0.15, 0.2) is 24.4 Å². The Kier molecular flexibility index (Phi) is 3.87. The van der Waals surface area contributed by atoms with Crippen molar-refractivity contribution in [1.29, 1.82) is 0 Å². The summed E-state index contributed by atoms with van der Waals surface area (Å²) in [6.07, 6.45) is 2.79. The molecular formula is C13H15ClFN3. The van der Waals surface area contributed by atoms with Crippen molar-refractivity contribution in [1.82, 2.24) is 9.78 Å². The molecule has 5 heteroatoms. The molecule has 1 N–H and O–H groups in total. The molecule has 0 unspecified atom stereocenters. The first-order valence-corrected chi connectivity index (χ1v) is 6.18. The predicted octanol–water partition coefficient (Wildman–Crippen LogP) is 3.39. The summed E-state index contributed by atoms with van der Waals surface area (Å²) in [5, 5.41) is 8.05. The van der Waals surface area contributed by atoms with Crippen LogP contribution in [0.2, 0.25) is 5.02 Å². The average Bonchev–Trinajstić information content (AvgIpc) is 2.68. The Morgan fingerprint density at radius 2 is 2.22 bits per heavy atom. The maximum absolute atomic E-state index is 12.9. The Morgan fingerprint density at radius 1 is 1.44 bits per heavy atom. The lowest BCUT2D eigenvalue weighted by Crippen LogP contribution is -2.01. The zero-order chi connectivity index (χ0) is 13.1. The fraction of sp³-hybridized carbons (Fsp3) is 0.308. The van der Waals surface area contributed by atoms with E-state index in [2.05, 4.69) is 17.3 Å². The lowest BCUT2D eigenvalue weighted by atomic mass is 10.2. The van der Waals surface area contributed by atoms with Gasteiger partial charge in [0, 0.05) is 24.8 Å². The van der Waals surface area contributed by atoms with Crippen LogP contribution in [0.3, 0.4) is 0 Å². The van der Waals surface area contributed by atoms with Gasteiger partial charge in [-0.2, -0.15) is 5.10 Å². The molecule has 0 spiro atoms. The van der Waals surface area contributed by atoms with Crippen LogP contribution < -0.4 is 5.32 Å². The van der Waals surface area contributed by atoms with Gasteiger partial charge in [0.1, 0.15) is 5.82 Å². The third-order valence-corrected chi connectivity index (χ3v) is 3.08. The monoisotopic (exact) mass is 267 g/mol. The van der Waals surface area contributed by atoms with Crippen LogP contribution in [-0.4, -0.2) is 9.78 Å². The largest absolute Gasteiger partial charge is 0.378 e. The fourth-order valence-corrected chi connectivity index (χ4v) is 2.03. The van der Waals surface area contributed by atoms with Gasteiger partial charge in [-0.15, -0.1) is 0 Å². The van der Waals surface area contributed by atoms with E-state index in [9.17, 15) is 4.39 Å². The van der Waals surface area contributed by atoms with Gasteiger partial charge in [-0.25, -0.2) is 4.39 Å². The van der Waals surface area contributed by atoms with Gasteiger partial charge in [0.15, 0.2) is 0 Å². The zero-order valence-corrected chi connectivity index (χ0v) is 11.1. The highest BCUT2D eigenvalue weighted by atomic mass is 35.5. The standard InChI is InChI=1S/C13H15ClFN3/c1-3-12-13(8-18(2)17-12)16-7-9-4-5-10(15)6-11(9)14/h4-6,8,16H,3,7H2,1-2H3. The van der Waals surface area contributed by atoms with E-state index in [0.29, 0.717) is 11.6 Å². The van der Waals surface area contributed by atoms with Crippen LogP contribution in [0.25, 0.3) is 0 Å². The molecule has 0 fully saturated rings. The molecule has 0 saturated carbocycles. The van der Waals surface area contributed by atoms with Crippen molar-refractivity contribution >= 4 is 17.3 Å². The first-order valence-electron chi connectivity index (χ1n) is 5.80. The van der Waals surface area contributed by atoms with Crippen LogP contribution >= 0.6 is 11.6 Å². The van der Waals surface area contributed by atoms with E-state index in [1.807, 2.05) is 13.2 Å². The summed E-state index contributed by atoms with van der Waals surface area (Å²) in [5.74, 6) is -0.320. The van der Waals surface area contributed by atoms with Gasteiger partial charge in [-0.1, -0.05) is 24.6 Å². The minimum Gasteiger partial charge on any atom is -0.378 e. The Morgan fingerprint density at radius 3 is 2.89 bits per heavy atom. The highest BCUT2D eigenvalue weighted by Gasteiger charge is 2.07. The molecular weight excluding hydrogens is 253 g/mol. The van der Waals surface area contributed by atoms with E-state index >= 15 is 0 Å². The number of rotatable bonds is 4. The molecule has 96 valence electrons. The van der Waals surface area contributed by atoms with Crippen LogP contribution in [0, 0.1) is 5.82 Å². The second-order valence-electron chi connectivity index (χ2n) is 4.11. The van der Waals surface area contributed by atoms with Gasteiger partial charge in [-0.3, -0.25) is 4.68 Å². The molecule has 0 radical (unpaired) electrons. The summed E-state index contributed by atoms with van der Waals surface area (Å²) in [4.78, 5) is 0. The number of aryl methyl sites for hydroxylation is 2. The summed E-state index contributed by atoms with van der Waals surface area (Å²) in [6, 6.07) is 4.42. The average molecular weight is 268 g/mol. The van der Waals surface area contributed by atoms with Crippen molar-refractivity contribution in [3.05, 3.63) is 46.5 Å². The van der Waals surface area contributed by atoms with E-state index in [-0.39, 0.29) is 5.82 Å². The van der Waals surface area contributed by atoms with Crippen LogP contribution in [0.5, 0.6) is 0 Å². The second-order valence-corrected chi connectivity index (χ2v) is 4.51. The van der Waals surface area contributed by atoms with E-state index in [1.165, 1.54) is 12.1 Å². The van der Waals surface area contributed by atoms with Crippen molar-refractivity contribution in [2.45, 2.75) is 19.9 Å². The van der Waals surface area contributed by atoms with Crippen LogP contribution in [0.1, 0.15) is 18.2 Å². The maximum Gasteiger partial charge on any atom is 0.124 e. The van der Waals surface area contributed by atoms with Gasteiger partial charge < -0.3 is 5.32 Å². The third-order valence-electron chi connectivity index (χ3n) is 2.72. The number of halogens is 2. The summed E-state index contributed by atoms with van der Waals surface area (Å²) >= 11 is 5.97. The van der Waals surface area contributed by atoms with Crippen LogP contribution in [0.4, 0.5) is 10.1 Å². The first-order chi connectivity index (χ1) is 8.60. The number of anilines is 1. The Bertz CT molecular complexity index is 551. The van der Waals surface area contributed by atoms with Crippen LogP contribution in [-0.2, 0) is 20.0 Å². The van der Waals surface area contributed by atoms with Gasteiger partial charge in [0.2, 0.25) is 0 Å². The normalized spacial score (nSPS) is 10.7. The molecule has 1 aromatic heterocycles. The van der Waals surface area contributed by atoms with Gasteiger partial charge in [-0.05, 0) is 24.1 Å². The topological polar surface area (TPSA) is 29.9 Å².